The van der Waals surface area contributed by atoms with Gasteiger partial charge in [0.05, 0.1) is 16.6 Å². The Morgan fingerprint density at radius 3 is 2.61 bits per heavy atom. The van der Waals surface area contributed by atoms with E-state index in [0.29, 0.717) is 28.8 Å². The molecule has 0 amide bonds. The van der Waals surface area contributed by atoms with Gasteiger partial charge in [0.2, 0.25) is 0 Å². The molecule has 0 unspecified atom stereocenters. The first kappa shape index (κ1) is 17.8. The Balaban J connectivity index is 1.65. The van der Waals surface area contributed by atoms with Crippen LogP contribution in [0.3, 0.4) is 0 Å². The molecule has 0 spiro atoms. The first-order valence-corrected chi connectivity index (χ1v) is 9.14. The zero-order valence-electron chi connectivity index (χ0n) is 14.9. The van der Waals surface area contributed by atoms with Crippen LogP contribution in [0.2, 0.25) is 5.02 Å². The highest BCUT2D eigenvalue weighted by Gasteiger charge is 2.10. The summed E-state index contributed by atoms with van der Waals surface area (Å²) in [7, 11) is 0. The molecule has 4 rings (SSSR count). The monoisotopic (exact) mass is 385 g/mol. The number of nitriles is 1. The molecule has 0 bridgehead atoms. The van der Waals surface area contributed by atoms with Crippen molar-refractivity contribution in [3.05, 3.63) is 94.8 Å². The van der Waals surface area contributed by atoms with Gasteiger partial charge in [0.1, 0.15) is 24.3 Å². The molecule has 4 aromatic rings. The molecular weight excluding hydrogens is 370 g/mol. The number of H-pyrrole nitrogens is 1. The maximum absolute atomic E-state index is 9.66. The van der Waals surface area contributed by atoms with E-state index in [9.17, 15) is 5.26 Å². The van der Waals surface area contributed by atoms with E-state index in [-0.39, 0.29) is 0 Å². The Morgan fingerprint density at radius 2 is 1.79 bits per heavy atom. The van der Waals surface area contributed by atoms with E-state index < -0.39 is 0 Å². The number of ether oxygens (including phenoxy) is 1. The van der Waals surface area contributed by atoms with Crippen LogP contribution in [0, 0.1) is 11.3 Å². The molecule has 0 saturated heterocycles. The maximum atomic E-state index is 9.66. The molecule has 0 saturated carbocycles. The zero-order chi connectivity index (χ0) is 19.3. The number of para-hydroxylation sites is 3. The summed E-state index contributed by atoms with van der Waals surface area (Å²) in [5.74, 6) is 1.20. The van der Waals surface area contributed by atoms with Gasteiger partial charge in [-0.25, -0.2) is 4.98 Å². The minimum Gasteiger partial charge on any atom is -0.488 e. The molecule has 0 aliphatic carbocycles. The van der Waals surface area contributed by atoms with Gasteiger partial charge in [-0.3, -0.25) is 0 Å². The van der Waals surface area contributed by atoms with Crippen LogP contribution in [-0.2, 0) is 6.61 Å². The summed E-state index contributed by atoms with van der Waals surface area (Å²) >= 11 is 6.21. The van der Waals surface area contributed by atoms with E-state index in [4.69, 9.17) is 16.3 Å². The summed E-state index contributed by atoms with van der Waals surface area (Å²) in [5, 5.41) is 10.3. The standard InChI is InChI=1S/C23H16ClN3O/c24-19-9-3-1-8-17(19)15-28-22-12-6-2-7-16(22)13-18(14-25)23-26-20-10-4-5-11-21(20)27-23/h1-13H,15H2,(H,26,27). The Bertz CT molecular complexity index is 1170. The number of hydrogen-bond donors (Lipinski definition) is 1. The molecule has 0 aliphatic rings. The van der Waals surface area contributed by atoms with Gasteiger partial charge in [0, 0.05) is 16.1 Å². The van der Waals surface area contributed by atoms with Crippen LogP contribution in [0.5, 0.6) is 5.75 Å². The molecule has 1 aromatic heterocycles. The van der Waals surface area contributed by atoms with Crippen molar-refractivity contribution in [3.8, 4) is 11.8 Å². The van der Waals surface area contributed by atoms with Crippen LogP contribution in [0.15, 0.2) is 72.8 Å². The average molecular weight is 386 g/mol. The topological polar surface area (TPSA) is 61.7 Å². The molecule has 1 heterocycles. The molecule has 0 fully saturated rings. The lowest BCUT2D eigenvalue weighted by atomic mass is 10.1. The van der Waals surface area contributed by atoms with Crippen LogP contribution in [0.25, 0.3) is 22.7 Å². The fraction of sp³-hybridized carbons (Fsp3) is 0.0435. The molecule has 5 heteroatoms. The van der Waals surface area contributed by atoms with Crippen LogP contribution in [0.1, 0.15) is 17.0 Å². The second-order valence-corrected chi connectivity index (χ2v) is 6.60. The third kappa shape index (κ3) is 3.75. The molecule has 3 aromatic carbocycles. The smallest absolute Gasteiger partial charge is 0.149 e. The van der Waals surface area contributed by atoms with Crippen LogP contribution in [-0.4, -0.2) is 9.97 Å². The minimum absolute atomic E-state index is 0.344. The van der Waals surface area contributed by atoms with Gasteiger partial charge in [0.25, 0.3) is 0 Å². The molecule has 28 heavy (non-hydrogen) atoms. The third-order valence-electron chi connectivity index (χ3n) is 4.32. The van der Waals surface area contributed by atoms with Crippen molar-refractivity contribution in [3.63, 3.8) is 0 Å². The number of nitrogens with one attached hydrogen (secondary N) is 1. The predicted octanol–water partition coefficient (Wildman–Crippen LogP) is 5.86. The third-order valence-corrected chi connectivity index (χ3v) is 4.69. The predicted molar refractivity (Wildman–Crippen MR) is 112 cm³/mol. The molecule has 136 valence electrons. The van der Waals surface area contributed by atoms with E-state index in [0.717, 1.165) is 22.2 Å². The van der Waals surface area contributed by atoms with Crippen molar-refractivity contribution in [1.29, 1.82) is 5.26 Å². The number of rotatable bonds is 5. The van der Waals surface area contributed by atoms with Gasteiger partial charge >= 0.3 is 0 Å². The van der Waals surface area contributed by atoms with E-state index in [1.54, 1.807) is 6.08 Å². The largest absolute Gasteiger partial charge is 0.488 e. The number of halogens is 1. The van der Waals surface area contributed by atoms with E-state index in [2.05, 4.69) is 16.0 Å². The lowest BCUT2D eigenvalue weighted by Gasteiger charge is -2.10. The summed E-state index contributed by atoms with van der Waals surface area (Å²) in [6.07, 6.45) is 1.78. The summed E-state index contributed by atoms with van der Waals surface area (Å²) < 4.78 is 5.98. The zero-order valence-corrected chi connectivity index (χ0v) is 15.6. The highest BCUT2D eigenvalue weighted by molar-refractivity contribution is 6.31. The first-order chi connectivity index (χ1) is 13.7. The van der Waals surface area contributed by atoms with Crippen LogP contribution >= 0.6 is 11.6 Å². The fourth-order valence-electron chi connectivity index (χ4n) is 2.89. The van der Waals surface area contributed by atoms with Gasteiger partial charge in [-0.05, 0) is 30.3 Å². The van der Waals surface area contributed by atoms with Gasteiger partial charge in [0.15, 0.2) is 0 Å². The lowest BCUT2D eigenvalue weighted by Crippen LogP contribution is -1.98. The summed E-state index contributed by atoms with van der Waals surface area (Å²) in [4.78, 5) is 7.70. The number of nitrogens with zero attached hydrogens (tertiary/aromatic N) is 2. The molecule has 0 atom stereocenters. The minimum atomic E-state index is 0.344. The molecule has 1 N–H and O–H groups in total. The van der Waals surface area contributed by atoms with Crippen molar-refractivity contribution in [2.45, 2.75) is 6.61 Å². The number of fused-ring (bicyclic) bond motifs is 1. The van der Waals surface area contributed by atoms with Crippen molar-refractivity contribution in [1.82, 2.24) is 9.97 Å². The number of allylic oxidation sites excluding steroid dienone is 1. The molecule has 0 radical (unpaired) electrons. The number of aromatic nitrogens is 2. The van der Waals surface area contributed by atoms with Crippen LogP contribution < -0.4 is 4.74 Å². The van der Waals surface area contributed by atoms with Crippen molar-refractivity contribution < 1.29 is 4.74 Å². The second-order valence-electron chi connectivity index (χ2n) is 6.19. The Kier molecular flexibility index (Phi) is 5.09. The fourth-order valence-corrected chi connectivity index (χ4v) is 3.08. The van der Waals surface area contributed by atoms with Gasteiger partial charge in [-0.15, -0.1) is 0 Å². The number of hydrogen-bond acceptors (Lipinski definition) is 3. The summed E-state index contributed by atoms with van der Waals surface area (Å²) in [6.45, 7) is 0.344. The van der Waals surface area contributed by atoms with E-state index in [1.165, 1.54) is 0 Å². The number of benzene rings is 3. The number of aromatic amines is 1. The second kappa shape index (κ2) is 7.99. The number of imidazole rings is 1. The maximum Gasteiger partial charge on any atom is 0.149 e. The highest BCUT2D eigenvalue weighted by atomic mass is 35.5. The van der Waals surface area contributed by atoms with E-state index in [1.807, 2.05) is 72.8 Å². The molecule has 0 aliphatic heterocycles. The summed E-state index contributed by atoms with van der Waals surface area (Å²) in [5.41, 5.74) is 3.85. The van der Waals surface area contributed by atoms with E-state index >= 15 is 0 Å². The average Bonchev–Trinajstić information content (AvgIpc) is 3.16. The van der Waals surface area contributed by atoms with Gasteiger partial charge in [-0.2, -0.15) is 5.26 Å². The Hall–Kier alpha value is -3.55. The Morgan fingerprint density at radius 1 is 1.04 bits per heavy atom. The van der Waals surface area contributed by atoms with Crippen molar-refractivity contribution >= 4 is 34.3 Å². The first-order valence-electron chi connectivity index (χ1n) is 8.77. The van der Waals surface area contributed by atoms with Crippen LogP contribution in [0.4, 0.5) is 0 Å². The normalized spacial score (nSPS) is 11.4. The van der Waals surface area contributed by atoms with Gasteiger partial charge in [-0.1, -0.05) is 60.1 Å². The highest BCUT2D eigenvalue weighted by Crippen LogP contribution is 2.26. The summed E-state index contributed by atoms with van der Waals surface area (Å²) in [6, 6.07) is 25.1. The van der Waals surface area contributed by atoms with Gasteiger partial charge < -0.3 is 9.72 Å². The molecular formula is C23H16ClN3O. The Labute approximate surface area is 167 Å². The van der Waals surface area contributed by atoms with Crippen molar-refractivity contribution in [2.75, 3.05) is 0 Å². The molecule has 4 nitrogen and oxygen atoms in total. The SMILES string of the molecule is N#CC(=Cc1ccccc1OCc1ccccc1Cl)c1nc2ccccc2[nH]1. The van der Waals surface area contributed by atoms with Crippen molar-refractivity contribution in [2.24, 2.45) is 0 Å². The lowest BCUT2D eigenvalue weighted by molar-refractivity contribution is 0.305. The quantitative estimate of drug-likeness (QED) is 0.437.